The molecule has 2 aliphatic rings. The second kappa shape index (κ2) is 8.16. The van der Waals surface area contributed by atoms with Gasteiger partial charge in [0.2, 0.25) is 0 Å². The van der Waals surface area contributed by atoms with E-state index in [-0.39, 0.29) is 12.4 Å². The van der Waals surface area contributed by atoms with E-state index in [1.165, 1.54) is 50.9 Å². The first kappa shape index (κ1) is 17.6. The Bertz CT molecular complexity index is 458. The smallest absolute Gasteiger partial charge is 0.0417 e. The third-order valence-corrected chi connectivity index (χ3v) is 5.36. The highest BCUT2D eigenvalue weighted by Gasteiger charge is 2.24. The molecule has 0 bridgehead atoms. The van der Waals surface area contributed by atoms with Crippen molar-refractivity contribution >= 4 is 39.9 Å². The highest BCUT2D eigenvalue weighted by Crippen LogP contribution is 2.28. The standard InChI is InChI=1S/C16H22BrClN2.ClH/c17-16-9-14(18)4-3-13(16)11-20-7-5-15(6-8-20)19-10-12-1-2-12;/h3-4,9,12,15,19H,1-2,5-8,10-11H2;1H. The monoisotopic (exact) mass is 392 g/mol. The van der Waals surface area contributed by atoms with Gasteiger partial charge in [0.1, 0.15) is 0 Å². The van der Waals surface area contributed by atoms with Crippen molar-refractivity contribution in [3.05, 3.63) is 33.3 Å². The average Bonchev–Trinajstić information content (AvgIpc) is 3.25. The first-order valence-electron chi connectivity index (χ1n) is 7.60. The quantitative estimate of drug-likeness (QED) is 0.792. The Morgan fingerprint density at radius 2 is 1.90 bits per heavy atom. The molecule has 3 rings (SSSR count). The predicted molar refractivity (Wildman–Crippen MR) is 95.4 cm³/mol. The van der Waals surface area contributed by atoms with Crippen molar-refractivity contribution in [2.24, 2.45) is 5.92 Å². The molecule has 1 aromatic rings. The predicted octanol–water partition coefficient (Wildman–Crippen LogP) is 4.49. The van der Waals surface area contributed by atoms with Crippen molar-refractivity contribution in [1.82, 2.24) is 10.2 Å². The number of benzene rings is 1. The SMILES string of the molecule is Cl.Clc1ccc(CN2CCC(NCC3CC3)CC2)c(Br)c1. The van der Waals surface area contributed by atoms with Gasteiger partial charge in [0.25, 0.3) is 0 Å². The van der Waals surface area contributed by atoms with E-state index < -0.39 is 0 Å². The highest BCUT2D eigenvalue weighted by atomic mass is 79.9. The molecule has 5 heteroatoms. The average molecular weight is 394 g/mol. The number of hydrogen-bond acceptors (Lipinski definition) is 2. The largest absolute Gasteiger partial charge is 0.314 e. The lowest BCUT2D eigenvalue weighted by molar-refractivity contribution is 0.190. The molecule has 2 nitrogen and oxygen atoms in total. The Morgan fingerprint density at radius 3 is 2.52 bits per heavy atom. The number of likely N-dealkylation sites (tertiary alicyclic amines) is 1. The Kier molecular flexibility index (Phi) is 6.82. The summed E-state index contributed by atoms with van der Waals surface area (Å²) < 4.78 is 1.12. The Morgan fingerprint density at radius 1 is 1.19 bits per heavy atom. The zero-order valence-corrected chi connectivity index (χ0v) is 15.3. The fourth-order valence-electron chi connectivity index (χ4n) is 2.84. The van der Waals surface area contributed by atoms with Crippen LogP contribution in [0.3, 0.4) is 0 Å². The maximum atomic E-state index is 5.99. The van der Waals surface area contributed by atoms with Crippen molar-refractivity contribution in [3.8, 4) is 0 Å². The van der Waals surface area contributed by atoms with Gasteiger partial charge in [0.05, 0.1) is 0 Å². The Hall–Kier alpha value is 0.200. The summed E-state index contributed by atoms with van der Waals surface area (Å²) in [7, 11) is 0. The van der Waals surface area contributed by atoms with Crippen LogP contribution < -0.4 is 5.32 Å². The van der Waals surface area contributed by atoms with Crippen LogP contribution in [-0.4, -0.2) is 30.6 Å². The van der Waals surface area contributed by atoms with E-state index in [1.807, 2.05) is 12.1 Å². The third kappa shape index (κ3) is 5.40. The number of piperidine rings is 1. The molecule has 1 aliphatic carbocycles. The van der Waals surface area contributed by atoms with Crippen LogP contribution in [0.5, 0.6) is 0 Å². The Labute approximate surface area is 147 Å². The van der Waals surface area contributed by atoms with Gasteiger partial charge in [-0.05, 0) is 68.9 Å². The maximum Gasteiger partial charge on any atom is 0.0417 e. The van der Waals surface area contributed by atoms with E-state index in [4.69, 9.17) is 11.6 Å². The molecule has 0 aromatic heterocycles. The van der Waals surface area contributed by atoms with Crippen molar-refractivity contribution in [2.75, 3.05) is 19.6 Å². The summed E-state index contributed by atoms with van der Waals surface area (Å²) >= 11 is 9.60. The summed E-state index contributed by atoms with van der Waals surface area (Å²) in [5, 5.41) is 4.53. The van der Waals surface area contributed by atoms with Gasteiger partial charge in [-0.3, -0.25) is 4.90 Å². The van der Waals surface area contributed by atoms with Crippen molar-refractivity contribution in [2.45, 2.75) is 38.3 Å². The minimum absolute atomic E-state index is 0. The highest BCUT2D eigenvalue weighted by molar-refractivity contribution is 9.10. The van der Waals surface area contributed by atoms with Crippen molar-refractivity contribution < 1.29 is 0 Å². The third-order valence-electron chi connectivity index (χ3n) is 4.39. The fraction of sp³-hybridized carbons (Fsp3) is 0.625. The molecule has 1 saturated carbocycles. The Balaban J connectivity index is 0.00000161. The normalized spacial score (nSPS) is 20.3. The van der Waals surface area contributed by atoms with Gasteiger partial charge >= 0.3 is 0 Å². The van der Waals surface area contributed by atoms with Gasteiger partial charge in [0.15, 0.2) is 0 Å². The van der Waals surface area contributed by atoms with Crippen LogP contribution in [0.2, 0.25) is 5.02 Å². The van der Waals surface area contributed by atoms with Gasteiger partial charge in [-0.2, -0.15) is 0 Å². The number of rotatable bonds is 5. The zero-order valence-electron chi connectivity index (χ0n) is 12.2. The lowest BCUT2D eigenvalue weighted by Gasteiger charge is -2.32. The van der Waals surface area contributed by atoms with E-state index in [9.17, 15) is 0 Å². The molecule has 2 fully saturated rings. The molecule has 0 radical (unpaired) electrons. The molecule has 118 valence electrons. The van der Waals surface area contributed by atoms with E-state index in [0.717, 1.165) is 28.0 Å². The van der Waals surface area contributed by atoms with Crippen LogP contribution in [0.25, 0.3) is 0 Å². The molecule has 0 spiro atoms. The van der Waals surface area contributed by atoms with Crippen LogP contribution in [0.15, 0.2) is 22.7 Å². The fourth-order valence-corrected chi connectivity index (χ4v) is 3.65. The van der Waals surface area contributed by atoms with Crippen LogP contribution in [0, 0.1) is 5.92 Å². The second-order valence-electron chi connectivity index (χ2n) is 6.14. The number of hydrogen-bond donors (Lipinski definition) is 1. The van der Waals surface area contributed by atoms with Crippen LogP contribution in [0.1, 0.15) is 31.2 Å². The minimum Gasteiger partial charge on any atom is -0.314 e. The zero-order chi connectivity index (χ0) is 13.9. The first-order valence-corrected chi connectivity index (χ1v) is 8.77. The van der Waals surface area contributed by atoms with Crippen molar-refractivity contribution in [1.29, 1.82) is 0 Å². The van der Waals surface area contributed by atoms with E-state index in [0.29, 0.717) is 0 Å². The van der Waals surface area contributed by atoms with Gasteiger partial charge in [-0.25, -0.2) is 0 Å². The summed E-state index contributed by atoms with van der Waals surface area (Å²) in [6, 6.07) is 6.83. The number of halogens is 3. The minimum atomic E-state index is 0. The molecule has 1 N–H and O–H groups in total. The van der Waals surface area contributed by atoms with Gasteiger partial charge < -0.3 is 5.32 Å². The van der Waals surface area contributed by atoms with Gasteiger partial charge in [-0.15, -0.1) is 12.4 Å². The summed E-state index contributed by atoms with van der Waals surface area (Å²) in [4.78, 5) is 2.54. The van der Waals surface area contributed by atoms with Crippen molar-refractivity contribution in [3.63, 3.8) is 0 Å². The molecule has 1 aromatic carbocycles. The molecular formula is C16H23BrCl2N2. The van der Waals surface area contributed by atoms with Gasteiger partial charge in [0, 0.05) is 22.1 Å². The molecule has 0 atom stereocenters. The molecule has 0 amide bonds. The summed E-state index contributed by atoms with van der Waals surface area (Å²) in [5.74, 6) is 0.984. The number of nitrogens with zero attached hydrogens (tertiary/aromatic N) is 1. The van der Waals surface area contributed by atoms with Crippen LogP contribution in [-0.2, 0) is 6.54 Å². The maximum absolute atomic E-state index is 5.99. The van der Waals surface area contributed by atoms with Crippen LogP contribution in [0.4, 0.5) is 0 Å². The second-order valence-corrected chi connectivity index (χ2v) is 7.43. The van der Waals surface area contributed by atoms with Gasteiger partial charge in [-0.1, -0.05) is 33.6 Å². The summed E-state index contributed by atoms with van der Waals surface area (Å²) in [6.07, 6.45) is 5.43. The molecular weight excluding hydrogens is 371 g/mol. The molecule has 1 saturated heterocycles. The topological polar surface area (TPSA) is 15.3 Å². The lowest BCUT2D eigenvalue weighted by atomic mass is 10.0. The molecule has 0 unspecified atom stereocenters. The lowest BCUT2D eigenvalue weighted by Crippen LogP contribution is -2.42. The van der Waals surface area contributed by atoms with E-state index >= 15 is 0 Å². The molecule has 1 heterocycles. The van der Waals surface area contributed by atoms with E-state index in [1.54, 1.807) is 0 Å². The number of nitrogens with one attached hydrogen (secondary N) is 1. The molecule has 1 aliphatic heterocycles. The van der Waals surface area contributed by atoms with E-state index in [2.05, 4.69) is 32.2 Å². The summed E-state index contributed by atoms with van der Waals surface area (Å²) in [6.45, 7) is 4.65. The molecule has 21 heavy (non-hydrogen) atoms. The first-order chi connectivity index (χ1) is 9.70. The summed E-state index contributed by atoms with van der Waals surface area (Å²) in [5.41, 5.74) is 1.33. The van der Waals surface area contributed by atoms with Crippen LogP contribution >= 0.6 is 39.9 Å².